The molecule has 3 N–H and O–H groups in total. The Hall–Kier alpha value is -2.34. The Bertz CT molecular complexity index is 1170. The maximum Gasteiger partial charge on any atom is 0.407 e. The third kappa shape index (κ3) is 11.3. The Morgan fingerprint density at radius 1 is 0.600 bits per heavy atom. The van der Waals surface area contributed by atoms with Crippen LogP contribution in [0.4, 0.5) is 14.4 Å². The van der Waals surface area contributed by atoms with E-state index >= 15 is 0 Å². The summed E-state index contributed by atoms with van der Waals surface area (Å²) >= 11 is 0. The predicted octanol–water partition coefficient (Wildman–Crippen LogP) is -1.25. The fraction of sp³-hybridized carbons (Fsp3) is 0.864. The summed E-state index contributed by atoms with van der Waals surface area (Å²) in [7, 11) is -9.24. The van der Waals surface area contributed by atoms with Crippen molar-refractivity contribution in [3.05, 3.63) is 0 Å². The highest BCUT2D eigenvalue weighted by molar-refractivity contribution is 7.92. The molecule has 3 rings (SSSR count). The molecule has 3 unspecified atom stereocenters. The van der Waals surface area contributed by atoms with Crippen LogP contribution >= 0.6 is 0 Å². The molecule has 0 bridgehead atoms. The molecule has 3 saturated heterocycles. The summed E-state index contributed by atoms with van der Waals surface area (Å²) in [5, 5.41) is 7.71. The standard InChI is InChI=1S/C22H38N4O11S3/c27-20(23-11-17-1-8-38(30,31)14-17)26(4-6-36-21(28)24-12-18-2-9-39(32,33)15-18)5-7-37-22(29)25-13-19-3-10-40(34,35)16-19/h17-19H,1-16H2,(H,23,27)(H,24,28)(H,25,29). The molecular formula is C22H38N4O11S3. The average Bonchev–Trinajstić information content (AvgIpc) is 3.53. The molecule has 0 radical (unpaired) electrons. The van der Waals surface area contributed by atoms with E-state index in [-0.39, 0.29) is 98.2 Å². The maximum absolute atomic E-state index is 12.8. The highest BCUT2D eigenvalue weighted by atomic mass is 32.2. The van der Waals surface area contributed by atoms with Crippen molar-refractivity contribution in [3.8, 4) is 0 Å². The van der Waals surface area contributed by atoms with Crippen molar-refractivity contribution in [2.75, 3.05) is 80.5 Å². The Balaban J connectivity index is 1.41. The van der Waals surface area contributed by atoms with Gasteiger partial charge in [-0.25, -0.2) is 39.6 Å². The number of amides is 4. The lowest BCUT2D eigenvalue weighted by Crippen LogP contribution is -2.45. The average molecular weight is 631 g/mol. The number of nitrogens with zero attached hydrogens (tertiary/aromatic N) is 1. The molecule has 15 nitrogen and oxygen atoms in total. The van der Waals surface area contributed by atoms with Crippen LogP contribution in [0.25, 0.3) is 0 Å². The highest BCUT2D eigenvalue weighted by Gasteiger charge is 2.30. The predicted molar refractivity (Wildman–Crippen MR) is 144 cm³/mol. The zero-order valence-corrected chi connectivity index (χ0v) is 24.7. The summed E-state index contributed by atoms with van der Waals surface area (Å²) < 4.78 is 79.7. The van der Waals surface area contributed by atoms with Gasteiger partial charge in [-0.3, -0.25) is 0 Å². The van der Waals surface area contributed by atoms with Crippen LogP contribution in [0.1, 0.15) is 19.3 Å². The Labute approximate surface area is 234 Å². The third-order valence-corrected chi connectivity index (χ3v) is 12.6. The molecule has 3 aliphatic heterocycles. The molecular weight excluding hydrogens is 592 g/mol. The number of hydrogen-bond donors (Lipinski definition) is 3. The van der Waals surface area contributed by atoms with Crippen LogP contribution in [-0.4, -0.2) is 129 Å². The van der Waals surface area contributed by atoms with Gasteiger partial charge in [-0.05, 0) is 37.0 Å². The van der Waals surface area contributed by atoms with Gasteiger partial charge in [-0.1, -0.05) is 0 Å². The first-order valence-electron chi connectivity index (χ1n) is 13.2. The van der Waals surface area contributed by atoms with Crippen molar-refractivity contribution in [3.63, 3.8) is 0 Å². The zero-order chi connectivity index (χ0) is 29.4. The van der Waals surface area contributed by atoms with E-state index in [9.17, 15) is 39.6 Å². The summed E-state index contributed by atoms with van der Waals surface area (Å²) in [6.45, 7) is -0.0307. The van der Waals surface area contributed by atoms with Gasteiger partial charge in [0, 0.05) is 19.6 Å². The lowest BCUT2D eigenvalue weighted by atomic mass is 10.1. The van der Waals surface area contributed by atoms with E-state index in [1.165, 1.54) is 4.90 Å². The lowest BCUT2D eigenvalue weighted by molar-refractivity contribution is 0.111. The minimum absolute atomic E-state index is 0.00949. The molecule has 0 aromatic carbocycles. The molecule has 3 heterocycles. The second kappa shape index (κ2) is 14.0. The molecule has 3 atom stereocenters. The van der Waals surface area contributed by atoms with Crippen molar-refractivity contribution >= 4 is 47.7 Å². The number of nitrogens with one attached hydrogen (secondary N) is 3. The summed E-state index contributed by atoms with van der Waals surface area (Å²) in [6, 6.07) is -0.551. The van der Waals surface area contributed by atoms with Crippen LogP contribution in [0, 0.1) is 17.8 Å². The largest absolute Gasteiger partial charge is 0.448 e. The monoisotopic (exact) mass is 630 g/mol. The van der Waals surface area contributed by atoms with Crippen molar-refractivity contribution in [1.29, 1.82) is 0 Å². The molecule has 0 spiro atoms. The Kier molecular flexibility index (Phi) is 11.3. The molecule has 0 aromatic rings. The van der Waals surface area contributed by atoms with Crippen LogP contribution in [0.2, 0.25) is 0 Å². The van der Waals surface area contributed by atoms with Gasteiger partial charge in [0.25, 0.3) is 0 Å². The number of sulfone groups is 3. The van der Waals surface area contributed by atoms with Gasteiger partial charge in [0.05, 0.1) is 47.6 Å². The second-order valence-electron chi connectivity index (χ2n) is 10.5. The molecule has 0 saturated carbocycles. The van der Waals surface area contributed by atoms with Crippen LogP contribution in [0.5, 0.6) is 0 Å². The molecule has 18 heteroatoms. The first kappa shape index (κ1) is 32.2. The Morgan fingerprint density at radius 2 is 0.950 bits per heavy atom. The van der Waals surface area contributed by atoms with Crippen molar-refractivity contribution < 1.29 is 49.1 Å². The van der Waals surface area contributed by atoms with Gasteiger partial charge >= 0.3 is 18.2 Å². The first-order valence-corrected chi connectivity index (χ1v) is 18.6. The van der Waals surface area contributed by atoms with Gasteiger partial charge in [-0.2, -0.15) is 0 Å². The number of urea groups is 1. The second-order valence-corrected chi connectivity index (χ2v) is 17.2. The number of carbonyl (C=O) groups is 3. The highest BCUT2D eigenvalue weighted by Crippen LogP contribution is 2.19. The van der Waals surface area contributed by atoms with E-state index < -0.39 is 47.7 Å². The quantitative estimate of drug-likeness (QED) is 0.232. The van der Waals surface area contributed by atoms with Gasteiger partial charge in [0.2, 0.25) is 0 Å². The van der Waals surface area contributed by atoms with Gasteiger partial charge < -0.3 is 30.3 Å². The van der Waals surface area contributed by atoms with E-state index in [1.54, 1.807) is 0 Å². The minimum atomic E-state index is -3.11. The zero-order valence-electron chi connectivity index (χ0n) is 22.2. The van der Waals surface area contributed by atoms with Crippen molar-refractivity contribution in [2.24, 2.45) is 17.8 Å². The van der Waals surface area contributed by atoms with E-state index in [0.717, 1.165) is 0 Å². The van der Waals surface area contributed by atoms with Crippen LogP contribution in [0.3, 0.4) is 0 Å². The number of rotatable bonds is 12. The molecule has 4 amide bonds. The summed E-state index contributed by atoms with van der Waals surface area (Å²) in [4.78, 5) is 38.1. The van der Waals surface area contributed by atoms with E-state index in [2.05, 4.69) is 16.0 Å². The van der Waals surface area contributed by atoms with Gasteiger partial charge in [0.15, 0.2) is 29.5 Å². The summed E-state index contributed by atoms with van der Waals surface area (Å²) in [5.74, 6) is -0.303. The summed E-state index contributed by atoms with van der Waals surface area (Å²) in [5.41, 5.74) is 0. The van der Waals surface area contributed by atoms with Crippen molar-refractivity contribution in [2.45, 2.75) is 19.3 Å². The van der Waals surface area contributed by atoms with Crippen LogP contribution in [-0.2, 0) is 39.0 Å². The Morgan fingerprint density at radius 3 is 1.27 bits per heavy atom. The van der Waals surface area contributed by atoms with Crippen molar-refractivity contribution in [1.82, 2.24) is 20.9 Å². The number of carbonyl (C=O) groups excluding carboxylic acids is 3. The fourth-order valence-corrected chi connectivity index (χ4v) is 10.4. The number of alkyl carbamates (subject to hydrolysis) is 2. The molecule has 40 heavy (non-hydrogen) atoms. The number of ether oxygens (including phenoxy) is 2. The SMILES string of the molecule is O=C(NCC1CCS(=O)(=O)C1)OCCN(CCOC(=O)NCC1CCS(=O)(=O)C1)C(=O)NCC1CCS(=O)(=O)C1. The molecule has 3 fully saturated rings. The van der Waals surface area contributed by atoms with E-state index in [0.29, 0.717) is 19.3 Å². The molecule has 0 aliphatic carbocycles. The smallest absolute Gasteiger partial charge is 0.407 e. The molecule has 3 aliphatic rings. The third-order valence-electron chi connectivity index (χ3n) is 7.07. The normalized spacial score (nSPS) is 26.1. The van der Waals surface area contributed by atoms with Crippen LogP contribution < -0.4 is 16.0 Å². The maximum atomic E-state index is 12.8. The van der Waals surface area contributed by atoms with Gasteiger partial charge in [0.1, 0.15) is 13.2 Å². The minimum Gasteiger partial charge on any atom is -0.448 e. The number of hydrogen-bond acceptors (Lipinski definition) is 11. The van der Waals surface area contributed by atoms with E-state index in [4.69, 9.17) is 9.47 Å². The van der Waals surface area contributed by atoms with E-state index in [1.807, 2.05) is 0 Å². The lowest BCUT2D eigenvalue weighted by Gasteiger charge is -2.24. The topological polar surface area (TPSA) is 211 Å². The van der Waals surface area contributed by atoms with Crippen LogP contribution in [0.15, 0.2) is 0 Å². The first-order chi connectivity index (χ1) is 18.7. The molecule has 0 aromatic heterocycles. The fourth-order valence-electron chi connectivity index (χ4n) is 4.81. The summed E-state index contributed by atoms with van der Waals surface area (Å²) in [6.07, 6.45) is -0.145. The van der Waals surface area contributed by atoms with Gasteiger partial charge in [-0.15, -0.1) is 0 Å². The molecule has 230 valence electrons.